The van der Waals surface area contributed by atoms with Gasteiger partial charge in [0.25, 0.3) is 0 Å². The lowest BCUT2D eigenvalue weighted by atomic mass is 10.2. The molecular formula is C21H28N6O. The molecule has 28 heavy (non-hydrogen) atoms. The minimum absolute atomic E-state index is 0.145. The van der Waals surface area contributed by atoms with Gasteiger partial charge in [0.15, 0.2) is 0 Å². The Hall–Kier alpha value is -3.11. The number of para-hydroxylation sites is 1. The average molecular weight is 380 g/mol. The molecule has 1 aromatic heterocycles. The quantitative estimate of drug-likeness (QED) is 0.394. The van der Waals surface area contributed by atoms with Gasteiger partial charge in [0.1, 0.15) is 5.82 Å². The highest BCUT2D eigenvalue weighted by Gasteiger charge is 2.06. The molecule has 0 radical (unpaired) electrons. The van der Waals surface area contributed by atoms with Gasteiger partial charge in [0.2, 0.25) is 11.9 Å². The fraction of sp³-hybridized carbons (Fsp3) is 0.381. The normalized spacial score (nSPS) is 11.1. The summed E-state index contributed by atoms with van der Waals surface area (Å²) in [6, 6.07) is 9.30. The van der Waals surface area contributed by atoms with Crippen molar-refractivity contribution >= 4 is 23.4 Å². The molecule has 0 aliphatic heterocycles. The molecule has 0 aliphatic carbocycles. The predicted octanol–water partition coefficient (Wildman–Crippen LogP) is 2.64. The van der Waals surface area contributed by atoms with Gasteiger partial charge in [-0.2, -0.15) is 4.98 Å². The summed E-state index contributed by atoms with van der Waals surface area (Å²) in [5, 5.41) is 9.27. The van der Waals surface area contributed by atoms with Gasteiger partial charge in [0, 0.05) is 25.2 Å². The van der Waals surface area contributed by atoms with Crippen LogP contribution in [0.3, 0.4) is 0 Å². The van der Waals surface area contributed by atoms with Crippen molar-refractivity contribution in [2.24, 2.45) is 5.73 Å². The van der Waals surface area contributed by atoms with Crippen molar-refractivity contribution in [1.82, 2.24) is 15.3 Å². The van der Waals surface area contributed by atoms with Crippen molar-refractivity contribution < 1.29 is 4.79 Å². The first-order chi connectivity index (χ1) is 13.6. The second-order valence-electron chi connectivity index (χ2n) is 6.36. The third-order valence-electron chi connectivity index (χ3n) is 3.78. The van der Waals surface area contributed by atoms with E-state index in [1.165, 1.54) is 0 Å². The molecule has 148 valence electrons. The van der Waals surface area contributed by atoms with Gasteiger partial charge in [-0.3, -0.25) is 4.79 Å². The summed E-state index contributed by atoms with van der Waals surface area (Å²) in [7, 11) is 0. The highest BCUT2D eigenvalue weighted by atomic mass is 16.2. The summed E-state index contributed by atoms with van der Waals surface area (Å²) in [5.74, 6) is 7.33. The summed E-state index contributed by atoms with van der Waals surface area (Å²) in [4.78, 5) is 20.3. The van der Waals surface area contributed by atoms with Crippen molar-refractivity contribution in [2.45, 2.75) is 39.2 Å². The molecule has 1 heterocycles. The molecule has 1 amide bonds. The molecule has 0 fully saturated rings. The van der Waals surface area contributed by atoms with Crippen LogP contribution < -0.4 is 21.7 Å². The molecule has 0 bridgehead atoms. The summed E-state index contributed by atoms with van der Waals surface area (Å²) in [6.07, 6.45) is 4.13. The van der Waals surface area contributed by atoms with Gasteiger partial charge in [-0.25, -0.2) is 4.98 Å². The van der Waals surface area contributed by atoms with Gasteiger partial charge in [0.05, 0.1) is 17.8 Å². The Balaban J connectivity index is 1.98. The molecular weight excluding hydrogens is 352 g/mol. The van der Waals surface area contributed by atoms with E-state index in [0.29, 0.717) is 24.7 Å². The van der Waals surface area contributed by atoms with Crippen LogP contribution in [0.5, 0.6) is 0 Å². The number of hydrogen-bond acceptors (Lipinski definition) is 6. The highest BCUT2D eigenvalue weighted by Crippen LogP contribution is 2.17. The van der Waals surface area contributed by atoms with Crippen LogP contribution in [-0.4, -0.2) is 35.0 Å². The number of nitrogens with zero attached hydrogens (tertiary/aromatic N) is 2. The first kappa shape index (κ1) is 21.2. The monoisotopic (exact) mass is 380 g/mol. The average Bonchev–Trinajstić information content (AvgIpc) is 2.70. The molecule has 5 N–H and O–H groups in total. The summed E-state index contributed by atoms with van der Waals surface area (Å²) in [5.41, 5.74) is 7.19. The molecule has 7 nitrogen and oxygen atoms in total. The zero-order chi connectivity index (χ0) is 20.2. The largest absolute Gasteiger partial charge is 0.369 e. The number of nitrogens with two attached hydrogens (primary N) is 1. The Morgan fingerprint density at radius 3 is 2.75 bits per heavy atom. The number of carbonyl (C=O) groups excluding carboxylic acids is 1. The SMILES string of the molecule is CCCNc1nc(Nc2ccccc2)ncc1C#CCCCNC(=O)[C@H](C)N. The molecule has 7 heteroatoms. The van der Waals surface area contributed by atoms with Crippen molar-refractivity contribution in [3.05, 3.63) is 42.1 Å². The van der Waals surface area contributed by atoms with Crippen molar-refractivity contribution in [2.75, 3.05) is 23.7 Å². The number of hydrogen-bond donors (Lipinski definition) is 4. The van der Waals surface area contributed by atoms with Crippen molar-refractivity contribution in [3.8, 4) is 11.8 Å². The van der Waals surface area contributed by atoms with E-state index in [9.17, 15) is 4.79 Å². The van der Waals surface area contributed by atoms with Crippen LogP contribution >= 0.6 is 0 Å². The van der Waals surface area contributed by atoms with E-state index >= 15 is 0 Å². The molecule has 0 unspecified atom stereocenters. The second kappa shape index (κ2) is 11.6. The predicted molar refractivity (Wildman–Crippen MR) is 113 cm³/mol. The minimum atomic E-state index is -0.488. The number of benzene rings is 1. The number of amides is 1. The maximum absolute atomic E-state index is 11.4. The van der Waals surface area contributed by atoms with E-state index in [-0.39, 0.29) is 5.91 Å². The maximum Gasteiger partial charge on any atom is 0.236 e. The first-order valence-electron chi connectivity index (χ1n) is 9.55. The van der Waals surface area contributed by atoms with Gasteiger partial charge < -0.3 is 21.7 Å². The van der Waals surface area contributed by atoms with Crippen LogP contribution in [0.1, 0.15) is 38.7 Å². The Labute approximate surface area is 166 Å². The van der Waals surface area contributed by atoms with Crippen LogP contribution in [0, 0.1) is 11.8 Å². The first-order valence-corrected chi connectivity index (χ1v) is 9.55. The number of rotatable bonds is 9. The van der Waals surface area contributed by atoms with Gasteiger partial charge in [-0.1, -0.05) is 37.0 Å². The van der Waals surface area contributed by atoms with E-state index in [0.717, 1.165) is 30.6 Å². The fourth-order valence-electron chi connectivity index (χ4n) is 2.27. The lowest BCUT2D eigenvalue weighted by molar-refractivity contribution is -0.121. The van der Waals surface area contributed by atoms with Gasteiger partial charge >= 0.3 is 0 Å². The molecule has 2 aromatic rings. The smallest absolute Gasteiger partial charge is 0.236 e. The second-order valence-corrected chi connectivity index (χ2v) is 6.36. The van der Waals surface area contributed by atoms with E-state index in [4.69, 9.17) is 5.73 Å². The van der Waals surface area contributed by atoms with E-state index in [1.807, 2.05) is 30.3 Å². The zero-order valence-corrected chi connectivity index (χ0v) is 16.5. The summed E-state index contributed by atoms with van der Waals surface area (Å²) < 4.78 is 0. The van der Waals surface area contributed by atoms with Gasteiger partial charge in [-0.15, -0.1) is 0 Å². The number of anilines is 3. The van der Waals surface area contributed by atoms with Crippen molar-refractivity contribution in [3.63, 3.8) is 0 Å². The van der Waals surface area contributed by atoms with Crippen LogP contribution in [0.15, 0.2) is 36.5 Å². The van der Waals surface area contributed by atoms with Crippen molar-refractivity contribution in [1.29, 1.82) is 0 Å². The standard InChI is InChI=1S/C21H28N6O/c1-3-13-23-19-17(10-6-5-9-14-24-20(28)16(2)22)15-25-21(27-19)26-18-11-7-4-8-12-18/h4,7-8,11-12,15-16H,3,5,9,13-14,22H2,1-2H3,(H,24,28)(H2,23,25,26,27)/t16-/m0/s1. The number of aromatic nitrogens is 2. The lowest BCUT2D eigenvalue weighted by Crippen LogP contribution is -2.38. The third-order valence-corrected chi connectivity index (χ3v) is 3.78. The van der Waals surface area contributed by atoms with E-state index < -0.39 is 6.04 Å². The highest BCUT2D eigenvalue weighted by molar-refractivity contribution is 5.80. The Bertz CT molecular complexity index is 811. The molecule has 0 saturated carbocycles. The molecule has 0 saturated heterocycles. The van der Waals surface area contributed by atoms with E-state index in [2.05, 4.69) is 44.7 Å². The van der Waals surface area contributed by atoms with Gasteiger partial charge in [-0.05, 0) is 31.9 Å². The lowest BCUT2D eigenvalue weighted by Gasteiger charge is -2.09. The maximum atomic E-state index is 11.4. The molecule has 0 spiro atoms. The summed E-state index contributed by atoms with van der Waals surface area (Å²) in [6.45, 7) is 5.13. The number of nitrogens with one attached hydrogen (secondary N) is 3. The number of unbranched alkanes of at least 4 members (excludes halogenated alkanes) is 1. The Morgan fingerprint density at radius 2 is 2.04 bits per heavy atom. The summed E-state index contributed by atoms with van der Waals surface area (Å²) >= 11 is 0. The van der Waals surface area contributed by atoms with Crippen LogP contribution in [0.2, 0.25) is 0 Å². The Morgan fingerprint density at radius 1 is 1.25 bits per heavy atom. The van der Waals surface area contributed by atoms with E-state index in [1.54, 1.807) is 13.1 Å². The third kappa shape index (κ3) is 7.25. The number of carbonyl (C=O) groups is 1. The fourth-order valence-corrected chi connectivity index (χ4v) is 2.27. The molecule has 1 atom stereocenters. The molecule has 0 aliphatic rings. The van der Waals surface area contributed by atoms with Crippen LogP contribution in [0.25, 0.3) is 0 Å². The van der Waals surface area contributed by atoms with Crippen LogP contribution in [-0.2, 0) is 4.79 Å². The minimum Gasteiger partial charge on any atom is -0.369 e. The topological polar surface area (TPSA) is 105 Å². The Kier molecular flexibility index (Phi) is 8.76. The molecule has 1 aromatic carbocycles. The molecule has 2 rings (SSSR count). The van der Waals surface area contributed by atoms with Crippen LogP contribution in [0.4, 0.5) is 17.5 Å². The zero-order valence-electron chi connectivity index (χ0n) is 16.5.